The molecule has 0 spiro atoms. The van der Waals surface area contributed by atoms with E-state index in [2.05, 4.69) is 43.5 Å². The van der Waals surface area contributed by atoms with E-state index in [1.165, 1.54) is 0 Å². The van der Waals surface area contributed by atoms with Gasteiger partial charge in [-0.2, -0.15) is 0 Å². The zero-order chi connectivity index (χ0) is 14.3. The molecule has 2 heterocycles. The number of hydrogen-bond acceptors (Lipinski definition) is 1. The third-order valence-electron chi connectivity index (χ3n) is 3.37. The Hall–Kier alpha value is -1.80. The van der Waals surface area contributed by atoms with Crippen molar-refractivity contribution in [2.75, 3.05) is 0 Å². The number of halogens is 1. The van der Waals surface area contributed by atoms with Gasteiger partial charge in [0.15, 0.2) is 0 Å². The monoisotopic (exact) mass is 284 g/mol. The lowest BCUT2D eigenvalue weighted by Gasteiger charge is -2.20. The lowest BCUT2D eigenvalue weighted by atomic mass is 9.91. The Labute approximate surface area is 124 Å². The zero-order valence-corrected chi connectivity index (χ0v) is 12.6. The minimum Gasteiger partial charge on any atom is -0.303 e. The molecular formula is C17H17ClN2. The second kappa shape index (κ2) is 4.64. The van der Waals surface area contributed by atoms with E-state index in [9.17, 15) is 0 Å². The van der Waals surface area contributed by atoms with Crippen molar-refractivity contribution in [2.45, 2.75) is 26.2 Å². The van der Waals surface area contributed by atoms with Crippen LogP contribution in [0.1, 0.15) is 26.5 Å². The maximum Gasteiger partial charge on any atom is 0.139 e. The van der Waals surface area contributed by atoms with Crippen molar-refractivity contribution in [2.24, 2.45) is 0 Å². The highest BCUT2D eigenvalue weighted by Gasteiger charge is 2.19. The van der Waals surface area contributed by atoms with Gasteiger partial charge >= 0.3 is 0 Å². The van der Waals surface area contributed by atoms with Gasteiger partial charge in [-0.1, -0.05) is 62.7 Å². The molecule has 3 aromatic rings. The lowest BCUT2D eigenvalue weighted by molar-refractivity contribution is 0.561. The highest BCUT2D eigenvalue weighted by molar-refractivity contribution is 6.30. The van der Waals surface area contributed by atoms with Gasteiger partial charge in [-0.15, -0.1) is 0 Å². The number of hydrogen-bond donors (Lipinski definition) is 0. The summed E-state index contributed by atoms with van der Waals surface area (Å²) in [5.41, 5.74) is 4.15. The number of aromatic nitrogens is 2. The second-order valence-electron chi connectivity index (χ2n) is 6.03. The number of nitrogens with zero attached hydrogens (tertiary/aromatic N) is 2. The Balaban J connectivity index is 2.26. The Kier molecular flexibility index (Phi) is 3.06. The topological polar surface area (TPSA) is 17.3 Å². The van der Waals surface area contributed by atoms with Crippen LogP contribution in [0.25, 0.3) is 16.9 Å². The van der Waals surface area contributed by atoms with Gasteiger partial charge in [0.25, 0.3) is 0 Å². The van der Waals surface area contributed by atoms with E-state index < -0.39 is 0 Å². The molecule has 2 aromatic heterocycles. The number of imidazole rings is 1. The van der Waals surface area contributed by atoms with Crippen molar-refractivity contribution in [3.63, 3.8) is 0 Å². The van der Waals surface area contributed by atoms with Gasteiger partial charge in [-0.05, 0) is 6.07 Å². The van der Waals surface area contributed by atoms with E-state index in [0.29, 0.717) is 0 Å². The smallest absolute Gasteiger partial charge is 0.139 e. The number of rotatable bonds is 1. The normalized spacial score (nSPS) is 12.0. The molecule has 20 heavy (non-hydrogen) atoms. The summed E-state index contributed by atoms with van der Waals surface area (Å²) in [6.07, 6.45) is 2.08. The van der Waals surface area contributed by atoms with Crippen LogP contribution < -0.4 is 0 Å². The molecule has 0 unspecified atom stereocenters. The Morgan fingerprint density at radius 1 is 1.05 bits per heavy atom. The first-order chi connectivity index (χ1) is 9.45. The first kappa shape index (κ1) is 13.2. The van der Waals surface area contributed by atoms with E-state index >= 15 is 0 Å². The molecule has 0 aliphatic carbocycles. The summed E-state index contributed by atoms with van der Waals surface area (Å²) in [6, 6.07) is 14.1. The summed E-state index contributed by atoms with van der Waals surface area (Å²) < 4.78 is 2.13. The molecule has 0 atom stereocenters. The van der Waals surface area contributed by atoms with Crippen LogP contribution in [-0.2, 0) is 5.41 Å². The first-order valence-corrected chi connectivity index (χ1v) is 7.07. The second-order valence-corrected chi connectivity index (χ2v) is 6.47. The van der Waals surface area contributed by atoms with Gasteiger partial charge < -0.3 is 4.40 Å². The van der Waals surface area contributed by atoms with Crippen molar-refractivity contribution in [1.82, 2.24) is 9.38 Å². The number of pyridine rings is 1. The Morgan fingerprint density at radius 2 is 1.75 bits per heavy atom. The van der Waals surface area contributed by atoms with Crippen molar-refractivity contribution in [1.29, 1.82) is 0 Å². The average molecular weight is 285 g/mol. The quantitative estimate of drug-likeness (QED) is 0.618. The molecule has 0 N–H and O–H groups in total. The molecule has 0 saturated heterocycles. The fourth-order valence-corrected chi connectivity index (χ4v) is 2.58. The predicted molar refractivity (Wildman–Crippen MR) is 84.3 cm³/mol. The highest BCUT2D eigenvalue weighted by Crippen LogP contribution is 2.29. The molecule has 1 aromatic carbocycles. The van der Waals surface area contributed by atoms with Crippen LogP contribution in [0.5, 0.6) is 0 Å². The SMILES string of the molecule is CC(C)(C)c1cc(Cl)cc2nc(-c3ccccc3)cn12. The van der Waals surface area contributed by atoms with Gasteiger partial charge in [0.1, 0.15) is 5.65 Å². The van der Waals surface area contributed by atoms with Gasteiger partial charge in [0.05, 0.1) is 5.69 Å². The Morgan fingerprint density at radius 3 is 2.40 bits per heavy atom. The van der Waals surface area contributed by atoms with Gasteiger partial charge in [0.2, 0.25) is 0 Å². The molecule has 0 saturated carbocycles. The van der Waals surface area contributed by atoms with Crippen LogP contribution in [0, 0.1) is 0 Å². The van der Waals surface area contributed by atoms with Gasteiger partial charge in [-0.25, -0.2) is 4.98 Å². The van der Waals surface area contributed by atoms with Crippen molar-refractivity contribution >= 4 is 17.2 Å². The van der Waals surface area contributed by atoms with E-state index in [1.54, 1.807) is 0 Å². The van der Waals surface area contributed by atoms with Gasteiger partial charge in [-0.3, -0.25) is 0 Å². The minimum absolute atomic E-state index is 0.0117. The molecule has 0 fully saturated rings. The van der Waals surface area contributed by atoms with E-state index in [0.717, 1.165) is 27.6 Å². The van der Waals surface area contributed by atoms with Crippen molar-refractivity contribution < 1.29 is 0 Å². The highest BCUT2D eigenvalue weighted by atomic mass is 35.5. The van der Waals surface area contributed by atoms with Crippen LogP contribution in [0.4, 0.5) is 0 Å². The van der Waals surface area contributed by atoms with Crippen LogP contribution >= 0.6 is 11.6 Å². The van der Waals surface area contributed by atoms with Gasteiger partial charge in [0, 0.05) is 34.0 Å². The number of fused-ring (bicyclic) bond motifs is 1. The maximum absolute atomic E-state index is 6.23. The lowest BCUT2D eigenvalue weighted by Crippen LogP contribution is -2.15. The summed E-state index contributed by atoms with van der Waals surface area (Å²) in [5, 5.41) is 0.729. The molecule has 0 aliphatic rings. The summed E-state index contributed by atoms with van der Waals surface area (Å²) >= 11 is 6.23. The van der Waals surface area contributed by atoms with Crippen LogP contribution in [-0.4, -0.2) is 9.38 Å². The van der Waals surface area contributed by atoms with Crippen molar-refractivity contribution in [3.8, 4) is 11.3 Å². The summed E-state index contributed by atoms with van der Waals surface area (Å²) in [4.78, 5) is 4.70. The maximum atomic E-state index is 6.23. The minimum atomic E-state index is 0.0117. The molecule has 2 nitrogen and oxygen atoms in total. The fourth-order valence-electron chi connectivity index (χ4n) is 2.38. The molecule has 0 radical (unpaired) electrons. The summed E-state index contributed by atoms with van der Waals surface area (Å²) in [6.45, 7) is 6.54. The average Bonchev–Trinajstić information content (AvgIpc) is 2.81. The fraction of sp³-hybridized carbons (Fsp3) is 0.235. The third kappa shape index (κ3) is 2.32. The largest absolute Gasteiger partial charge is 0.303 e. The van der Waals surface area contributed by atoms with E-state index in [4.69, 9.17) is 16.6 Å². The van der Waals surface area contributed by atoms with Crippen LogP contribution in [0.2, 0.25) is 5.02 Å². The molecule has 3 rings (SSSR count). The molecule has 0 aliphatic heterocycles. The first-order valence-electron chi connectivity index (χ1n) is 6.70. The van der Waals surface area contributed by atoms with E-state index in [1.807, 2.05) is 30.3 Å². The molecule has 102 valence electrons. The number of benzene rings is 1. The van der Waals surface area contributed by atoms with Crippen molar-refractivity contribution in [3.05, 3.63) is 59.4 Å². The summed E-state index contributed by atoms with van der Waals surface area (Å²) in [5.74, 6) is 0. The molecular weight excluding hydrogens is 268 g/mol. The molecule has 3 heteroatoms. The van der Waals surface area contributed by atoms with Crippen LogP contribution in [0.15, 0.2) is 48.7 Å². The van der Waals surface area contributed by atoms with Crippen LogP contribution in [0.3, 0.4) is 0 Å². The summed E-state index contributed by atoms with van der Waals surface area (Å²) in [7, 11) is 0. The molecule has 0 amide bonds. The standard InChI is InChI=1S/C17H17ClN2/c1-17(2,3)15-9-13(18)10-16-19-14(11-20(15)16)12-7-5-4-6-8-12/h4-11H,1-3H3. The zero-order valence-electron chi connectivity index (χ0n) is 11.9. The third-order valence-corrected chi connectivity index (χ3v) is 3.59. The Bertz CT molecular complexity index is 752. The molecule has 0 bridgehead atoms. The predicted octanol–water partition coefficient (Wildman–Crippen LogP) is 4.95. The van der Waals surface area contributed by atoms with E-state index in [-0.39, 0.29) is 5.41 Å².